The lowest BCUT2D eigenvalue weighted by Crippen LogP contribution is -2.34. The van der Waals surface area contributed by atoms with E-state index in [1.54, 1.807) is 20.1 Å². The van der Waals surface area contributed by atoms with E-state index >= 15 is 0 Å². The van der Waals surface area contributed by atoms with Gasteiger partial charge >= 0.3 is 5.97 Å². The summed E-state index contributed by atoms with van der Waals surface area (Å²) in [5, 5.41) is 0. The lowest BCUT2D eigenvalue weighted by molar-refractivity contribution is 0.0527. The van der Waals surface area contributed by atoms with Crippen molar-refractivity contribution in [3.63, 3.8) is 0 Å². The van der Waals surface area contributed by atoms with Gasteiger partial charge in [0.2, 0.25) is 0 Å². The largest absolute Gasteiger partial charge is 0.462 e. The number of benzene rings is 1. The quantitative estimate of drug-likeness (QED) is 0.613. The van der Waals surface area contributed by atoms with Gasteiger partial charge in [0.25, 0.3) is 0 Å². The molecule has 0 aliphatic rings. The molecule has 1 aromatic carbocycles. The molecule has 0 aliphatic carbocycles. The van der Waals surface area contributed by atoms with Crippen molar-refractivity contribution in [1.29, 1.82) is 0 Å². The van der Waals surface area contributed by atoms with Crippen LogP contribution in [0, 0.1) is 0 Å². The minimum atomic E-state index is -0.387. The monoisotopic (exact) mass is 280 g/mol. The van der Waals surface area contributed by atoms with E-state index in [0.29, 0.717) is 31.0 Å². The van der Waals surface area contributed by atoms with Crippen molar-refractivity contribution >= 4 is 17.3 Å². The molecule has 112 valence electrons. The third-order valence-corrected chi connectivity index (χ3v) is 3.05. The second-order valence-corrected chi connectivity index (χ2v) is 4.74. The number of carbonyl (C=O) groups excluding carboxylic acids is 1. The van der Waals surface area contributed by atoms with E-state index in [1.165, 1.54) is 0 Å². The van der Waals surface area contributed by atoms with Gasteiger partial charge in [-0.1, -0.05) is 6.07 Å². The fourth-order valence-corrected chi connectivity index (χ4v) is 2.04. The van der Waals surface area contributed by atoms with E-state index in [1.807, 2.05) is 12.1 Å². The molecule has 0 aliphatic heterocycles. The first-order chi connectivity index (χ1) is 9.52. The Bertz CT molecular complexity index is 447. The summed E-state index contributed by atoms with van der Waals surface area (Å²) in [6.07, 6.45) is 0. The van der Waals surface area contributed by atoms with Crippen LogP contribution in [0.3, 0.4) is 0 Å². The van der Waals surface area contributed by atoms with Gasteiger partial charge in [-0.05, 0) is 32.9 Å². The number of carbonyl (C=O) groups is 1. The SMILES string of the molecule is CCOC(=O)c1cccc(N(CCOC)C(C)C)c1N. The summed E-state index contributed by atoms with van der Waals surface area (Å²) in [6.45, 7) is 7.57. The Morgan fingerprint density at radius 2 is 2.10 bits per heavy atom. The van der Waals surface area contributed by atoms with Gasteiger partial charge in [0.15, 0.2) is 0 Å². The van der Waals surface area contributed by atoms with Crippen LogP contribution < -0.4 is 10.6 Å². The average molecular weight is 280 g/mol. The molecule has 0 fully saturated rings. The number of ether oxygens (including phenoxy) is 2. The molecule has 0 saturated heterocycles. The summed E-state index contributed by atoms with van der Waals surface area (Å²) in [7, 11) is 1.66. The Labute approximate surface area is 120 Å². The number of hydrogen-bond donors (Lipinski definition) is 1. The molecule has 20 heavy (non-hydrogen) atoms. The van der Waals surface area contributed by atoms with E-state index < -0.39 is 0 Å². The van der Waals surface area contributed by atoms with Crippen LogP contribution in [-0.2, 0) is 9.47 Å². The number of anilines is 2. The second kappa shape index (κ2) is 7.75. The number of hydrogen-bond acceptors (Lipinski definition) is 5. The topological polar surface area (TPSA) is 64.8 Å². The van der Waals surface area contributed by atoms with Gasteiger partial charge in [-0.2, -0.15) is 0 Å². The maximum atomic E-state index is 11.9. The van der Waals surface area contributed by atoms with Crippen molar-refractivity contribution in [1.82, 2.24) is 0 Å². The van der Waals surface area contributed by atoms with E-state index in [0.717, 1.165) is 5.69 Å². The van der Waals surface area contributed by atoms with Gasteiger partial charge in [-0.3, -0.25) is 0 Å². The zero-order valence-electron chi connectivity index (χ0n) is 12.7. The molecule has 5 heteroatoms. The van der Waals surface area contributed by atoms with Gasteiger partial charge < -0.3 is 20.1 Å². The molecule has 0 bridgehead atoms. The molecule has 0 spiro atoms. The van der Waals surface area contributed by atoms with E-state index in [9.17, 15) is 4.79 Å². The maximum absolute atomic E-state index is 11.9. The molecule has 0 heterocycles. The number of methoxy groups -OCH3 is 1. The Morgan fingerprint density at radius 1 is 1.40 bits per heavy atom. The first-order valence-electron chi connectivity index (χ1n) is 6.84. The molecule has 0 amide bonds. The van der Waals surface area contributed by atoms with Crippen molar-refractivity contribution in [2.24, 2.45) is 0 Å². The van der Waals surface area contributed by atoms with Gasteiger partial charge in [0.05, 0.1) is 30.2 Å². The molecular formula is C15H24N2O3. The zero-order chi connectivity index (χ0) is 15.1. The number of esters is 1. The van der Waals surface area contributed by atoms with Crippen molar-refractivity contribution < 1.29 is 14.3 Å². The fraction of sp³-hybridized carbons (Fsp3) is 0.533. The van der Waals surface area contributed by atoms with E-state index in [-0.39, 0.29) is 12.0 Å². The van der Waals surface area contributed by atoms with Crippen molar-refractivity contribution in [2.45, 2.75) is 26.8 Å². The predicted molar refractivity (Wildman–Crippen MR) is 81.2 cm³/mol. The first kappa shape index (κ1) is 16.3. The lowest BCUT2D eigenvalue weighted by atomic mass is 10.1. The van der Waals surface area contributed by atoms with Gasteiger partial charge in [-0.25, -0.2) is 4.79 Å². The van der Waals surface area contributed by atoms with Crippen LogP contribution >= 0.6 is 0 Å². The summed E-state index contributed by atoms with van der Waals surface area (Å²) in [4.78, 5) is 14.0. The Hall–Kier alpha value is -1.75. The summed E-state index contributed by atoms with van der Waals surface area (Å²) < 4.78 is 10.1. The highest BCUT2D eigenvalue weighted by Crippen LogP contribution is 2.28. The molecule has 0 aromatic heterocycles. The van der Waals surface area contributed by atoms with Crippen LogP contribution in [0.1, 0.15) is 31.1 Å². The van der Waals surface area contributed by atoms with Crippen molar-refractivity contribution in [3.05, 3.63) is 23.8 Å². The van der Waals surface area contributed by atoms with Crippen molar-refractivity contribution in [2.75, 3.05) is 37.5 Å². The van der Waals surface area contributed by atoms with Gasteiger partial charge in [-0.15, -0.1) is 0 Å². The molecule has 0 atom stereocenters. The highest BCUT2D eigenvalue weighted by Gasteiger charge is 2.18. The third-order valence-electron chi connectivity index (χ3n) is 3.05. The first-order valence-corrected chi connectivity index (χ1v) is 6.84. The number of nitrogens with zero attached hydrogens (tertiary/aromatic N) is 1. The van der Waals surface area contributed by atoms with Crippen LogP contribution in [0.2, 0.25) is 0 Å². The summed E-state index contributed by atoms with van der Waals surface area (Å²) >= 11 is 0. The maximum Gasteiger partial charge on any atom is 0.340 e. The Kier molecular flexibility index (Phi) is 6.31. The van der Waals surface area contributed by atoms with Crippen LogP contribution in [0.25, 0.3) is 0 Å². The normalized spacial score (nSPS) is 10.7. The molecule has 0 saturated carbocycles. The Morgan fingerprint density at radius 3 is 2.65 bits per heavy atom. The average Bonchev–Trinajstić information content (AvgIpc) is 2.40. The van der Waals surface area contributed by atoms with E-state index in [4.69, 9.17) is 15.2 Å². The van der Waals surface area contributed by atoms with Crippen LogP contribution in [-0.4, -0.2) is 38.9 Å². The number of para-hydroxylation sites is 1. The molecule has 2 N–H and O–H groups in total. The van der Waals surface area contributed by atoms with Crippen molar-refractivity contribution in [3.8, 4) is 0 Å². The van der Waals surface area contributed by atoms with Gasteiger partial charge in [0, 0.05) is 19.7 Å². The van der Waals surface area contributed by atoms with Crippen LogP contribution in [0.5, 0.6) is 0 Å². The molecular weight excluding hydrogens is 256 g/mol. The smallest absolute Gasteiger partial charge is 0.340 e. The predicted octanol–water partition coefficient (Wildman–Crippen LogP) is 2.31. The highest BCUT2D eigenvalue weighted by molar-refractivity contribution is 5.98. The summed E-state index contributed by atoms with van der Waals surface area (Å²) in [5.74, 6) is -0.387. The standard InChI is InChI=1S/C15H24N2O3/c1-5-20-15(18)12-7-6-8-13(14(12)16)17(11(2)3)9-10-19-4/h6-8,11H,5,9-10,16H2,1-4H3. The Balaban J connectivity index is 3.10. The number of nitrogen functional groups attached to an aromatic ring is 1. The molecule has 1 rings (SSSR count). The molecule has 1 aromatic rings. The fourth-order valence-electron chi connectivity index (χ4n) is 2.04. The second-order valence-electron chi connectivity index (χ2n) is 4.74. The van der Waals surface area contributed by atoms with E-state index in [2.05, 4.69) is 18.7 Å². The van der Waals surface area contributed by atoms with Crippen LogP contribution in [0.15, 0.2) is 18.2 Å². The molecule has 0 radical (unpaired) electrons. The molecule has 5 nitrogen and oxygen atoms in total. The lowest BCUT2D eigenvalue weighted by Gasteiger charge is -2.30. The zero-order valence-corrected chi connectivity index (χ0v) is 12.7. The third kappa shape index (κ3) is 3.87. The highest BCUT2D eigenvalue weighted by atomic mass is 16.5. The van der Waals surface area contributed by atoms with Gasteiger partial charge in [0.1, 0.15) is 0 Å². The summed E-state index contributed by atoms with van der Waals surface area (Å²) in [6, 6.07) is 5.67. The number of rotatable bonds is 7. The minimum absolute atomic E-state index is 0.255. The number of nitrogens with two attached hydrogens (primary N) is 1. The minimum Gasteiger partial charge on any atom is -0.462 e. The summed E-state index contributed by atoms with van der Waals surface area (Å²) in [5.41, 5.74) is 7.84. The molecule has 0 unspecified atom stereocenters. The van der Waals surface area contributed by atoms with Crippen LogP contribution in [0.4, 0.5) is 11.4 Å².